The smallest absolute Gasteiger partial charge is 0.239 e. The standard InChI is InChI=1S/C11H18N2O/c1-9-4-7-13(8-5-9)11(14)10-3-2-6-12-10/h10,12H,1-8H2/t10-/m1/s1. The van der Waals surface area contributed by atoms with Crippen molar-refractivity contribution in [3.63, 3.8) is 0 Å². The third kappa shape index (κ3) is 1.98. The van der Waals surface area contributed by atoms with E-state index in [9.17, 15) is 4.79 Å². The van der Waals surface area contributed by atoms with E-state index in [4.69, 9.17) is 0 Å². The Morgan fingerprint density at radius 2 is 2.14 bits per heavy atom. The number of hydrogen-bond donors (Lipinski definition) is 1. The van der Waals surface area contributed by atoms with Crippen LogP contribution in [-0.2, 0) is 4.79 Å². The second-order valence-corrected chi connectivity index (χ2v) is 4.22. The zero-order valence-electron chi connectivity index (χ0n) is 8.59. The van der Waals surface area contributed by atoms with Gasteiger partial charge in [-0.3, -0.25) is 4.79 Å². The summed E-state index contributed by atoms with van der Waals surface area (Å²) in [5.74, 6) is 0.301. The number of carbonyl (C=O) groups excluding carboxylic acids is 1. The van der Waals surface area contributed by atoms with Crippen molar-refractivity contribution < 1.29 is 4.79 Å². The lowest BCUT2D eigenvalue weighted by Gasteiger charge is -2.30. The van der Waals surface area contributed by atoms with Crippen LogP contribution in [0.4, 0.5) is 0 Å². The van der Waals surface area contributed by atoms with Crippen LogP contribution in [0.2, 0.25) is 0 Å². The van der Waals surface area contributed by atoms with E-state index in [1.165, 1.54) is 5.57 Å². The zero-order valence-corrected chi connectivity index (χ0v) is 8.59. The average molecular weight is 194 g/mol. The maximum absolute atomic E-state index is 11.9. The van der Waals surface area contributed by atoms with E-state index >= 15 is 0 Å². The molecule has 2 aliphatic rings. The Hall–Kier alpha value is -0.830. The lowest BCUT2D eigenvalue weighted by atomic mass is 10.0. The summed E-state index contributed by atoms with van der Waals surface area (Å²) in [4.78, 5) is 13.9. The van der Waals surface area contributed by atoms with E-state index in [0.717, 1.165) is 45.3 Å². The van der Waals surface area contributed by atoms with Gasteiger partial charge in [-0.2, -0.15) is 0 Å². The molecule has 1 amide bonds. The summed E-state index contributed by atoms with van der Waals surface area (Å²) >= 11 is 0. The highest BCUT2D eigenvalue weighted by atomic mass is 16.2. The maximum Gasteiger partial charge on any atom is 0.239 e. The van der Waals surface area contributed by atoms with Crippen LogP contribution < -0.4 is 5.32 Å². The largest absolute Gasteiger partial charge is 0.341 e. The van der Waals surface area contributed by atoms with Gasteiger partial charge in [0.25, 0.3) is 0 Å². The first-order chi connectivity index (χ1) is 6.77. The lowest BCUT2D eigenvalue weighted by Crippen LogP contribution is -2.45. The van der Waals surface area contributed by atoms with Crippen molar-refractivity contribution >= 4 is 5.91 Å². The van der Waals surface area contributed by atoms with Crippen LogP contribution in [0.3, 0.4) is 0 Å². The van der Waals surface area contributed by atoms with Crippen molar-refractivity contribution in [1.82, 2.24) is 10.2 Å². The van der Waals surface area contributed by atoms with Gasteiger partial charge in [-0.05, 0) is 32.2 Å². The fraction of sp³-hybridized carbons (Fsp3) is 0.727. The molecule has 0 aromatic carbocycles. The van der Waals surface area contributed by atoms with Crippen molar-refractivity contribution in [1.29, 1.82) is 0 Å². The van der Waals surface area contributed by atoms with Gasteiger partial charge in [-0.25, -0.2) is 0 Å². The Bertz CT molecular complexity index is 234. The summed E-state index contributed by atoms with van der Waals surface area (Å²) in [5, 5.41) is 3.25. The van der Waals surface area contributed by atoms with Crippen LogP contribution in [0.25, 0.3) is 0 Å². The topological polar surface area (TPSA) is 32.3 Å². The molecular weight excluding hydrogens is 176 g/mol. The van der Waals surface area contributed by atoms with Gasteiger partial charge in [0, 0.05) is 13.1 Å². The molecule has 2 aliphatic heterocycles. The second-order valence-electron chi connectivity index (χ2n) is 4.22. The molecule has 2 heterocycles. The Labute approximate surface area is 85.2 Å². The van der Waals surface area contributed by atoms with Crippen molar-refractivity contribution in [3.8, 4) is 0 Å². The molecule has 0 aromatic rings. The molecule has 78 valence electrons. The molecule has 1 atom stereocenters. The van der Waals surface area contributed by atoms with E-state index in [1.54, 1.807) is 0 Å². The van der Waals surface area contributed by atoms with Gasteiger partial charge in [0.05, 0.1) is 6.04 Å². The number of nitrogens with zero attached hydrogens (tertiary/aromatic N) is 1. The highest BCUT2D eigenvalue weighted by Crippen LogP contribution is 2.16. The molecule has 0 saturated carbocycles. The van der Waals surface area contributed by atoms with E-state index in [1.807, 2.05) is 4.90 Å². The van der Waals surface area contributed by atoms with Crippen molar-refractivity contribution in [2.24, 2.45) is 0 Å². The summed E-state index contributed by atoms with van der Waals surface area (Å²) in [6.07, 6.45) is 4.12. The number of nitrogens with one attached hydrogen (secondary N) is 1. The highest BCUT2D eigenvalue weighted by molar-refractivity contribution is 5.82. The minimum absolute atomic E-state index is 0.0985. The summed E-state index contributed by atoms with van der Waals surface area (Å²) in [6.45, 7) is 6.69. The molecule has 0 bridgehead atoms. The second kappa shape index (κ2) is 4.13. The number of amides is 1. The summed E-state index contributed by atoms with van der Waals surface area (Å²) in [7, 11) is 0. The molecule has 2 rings (SSSR count). The monoisotopic (exact) mass is 194 g/mol. The molecule has 0 aliphatic carbocycles. The average Bonchev–Trinajstić information content (AvgIpc) is 2.71. The van der Waals surface area contributed by atoms with Crippen molar-refractivity contribution in [3.05, 3.63) is 12.2 Å². The Kier molecular flexibility index (Phi) is 2.87. The van der Waals surface area contributed by atoms with Gasteiger partial charge in [0.15, 0.2) is 0 Å². The van der Waals surface area contributed by atoms with Crippen LogP contribution in [0.5, 0.6) is 0 Å². The van der Waals surface area contributed by atoms with E-state index in [2.05, 4.69) is 11.9 Å². The maximum atomic E-state index is 11.9. The molecule has 3 nitrogen and oxygen atoms in total. The number of hydrogen-bond acceptors (Lipinski definition) is 2. The van der Waals surface area contributed by atoms with Crippen molar-refractivity contribution in [2.75, 3.05) is 19.6 Å². The third-order valence-corrected chi connectivity index (χ3v) is 3.14. The Morgan fingerprint density at radius 1 is 1.43 bits per heavy atom. The van der Waals surface area contributed by atoms with Crippen LogP contribution >= 0.6 is 0 Å². The number of rotatable bonds is 1. The van der Waals surface area contributed by atoms with Gasteiger partial charge >= 0.3 is 0 Å². The predicted molar refractivity (Wildman–Crippen MR) is 56.0 cm³/mol. The normalized spacial score (nSPS) is 28.1. The van der Waals surface area contributed by atoms with Crippen LogP contribution in [-0.4, -0.2) is 36.5 Å². The number of likely N-dealkylation sites (tertiary alicyclic amines) is 1. The number of carbonyl (C=O) groups is 1. The molecule has 14 heavy (non-hydrogen) atoms. The third-order valence-electron chi connectivity index (χ3n) is 3.14. The molecule has 3 heteroatoms. The fourth-order valence-electron chi connectivity index (χ4n) is 2.16. The summed E-state index contributed by atoms with van der Waals surface area (Å²) in [5.41, 5.74) is 1.29. The zero-order chi connectivity index (χ0) is 9.97. The van der Waals surface area contributed by atoms with E-state index in [0.29, 0.717) is 5.91 Å². The molecule has 1 N–H and O–H groups in total. The van der Waals surface area contributed by atoms with Crippen molar-refractivity contribution in [2.45, 2.75) is 31.7 Å². The first kappa shape index (κ1) is 9.71. The van der Waals surface area contributed by atoms with Crippen LogP contribution in [0.15, 0.2) is 12.2 Å². The molecule has 2 fully saturated rings. The van der Waals surface area contributed by atoms with Crippen LogP contribution in [0.1, 0.15) is 25.7 Å². The highest BCUT2D eigenvalue weighted by Gasteiger charge is 2.27. The lowest BCUT2D eigenvalue weighted by molar-refractivity contribution is -0.133. The first-order valence-corrected chi connectivity index (χ1v) is 5.46. The summed E-state index contributed by atoms with van der Waals surface area (Å²) in [6, 6.07) is 0.0985. The molecule has 2 saturated heterocycles. The van der Waals surface area contributed by atoms with Gasteiger partial charge in [-0.1, -0.05) is 12.2 Å². The quantitative estimate of drug-likeness (QED) is 0.629. The first-order valence-electron chi connectivity index (χ1n) is 5.46. The van der Waals surface area contributed by atoms with Crippen LogP contribution in [0, 0.1) is 0 Å². The van der Waals surface area contributed by atoms with E-state index < -0.39 is 0 Å². The molecule has 0 unspecified atom stereocenters. The molecule has 0 radical (unpaired) electrons. The molecule has 0 spiro atoms. The molecular formula is C11H18N2O. The summed E-state index contributed by atoms with van der Waals surface area (Å²) < 4.78 is 0. The Morgan fingerprint density at radius 3 is 2.71 bits per heavy atom. The number of piperidine rings is 1. The van der Waals surface area contributed by atoms with Gasteiger partial charge in [0.1, 0.15) is 0 Å². The predicted octanol–water partition coefficient (Wildman–Crippen LogP) is 0.917. The Balaban J connectivity index is 1.88. The molecule has 0 aromatic heterocycles. The van der Waals surface area contributed by atoms with Gasteiger partial charge in [-0.15, -0.1) is 0 Å². The fourth-order valence-corrected chi connectivity index (χ4v) is 2.16. The van der Waals surface area contributed by atoms with Gasteiger partial charge in [0.2, 0.25) is 5.91 Å². The SMILES string of the molecule is C=C1CCN(C(=O)[C@H]2CCCN2)CC1. The van der Waals surface area contributed by atoms with E-state index in [-0.39, 0.29) is 6.04 Å². The minimum atomic E-state index is 0.0985. The van der Waals surface area contributed by atoms with Gasteiger partial charge < -0.3 is 10.2 Å². The minimum Gasteiger partial charge on any atom is -0.341 e.